The van der Waals surface area contributed by atoms with Crippen LogP contribution in [0.15, 0.2) is 47.6 Å². The highest BCUT2D eigenvalue weighted by molar-refractivity contribution is 6.35. The molecule has 0 saturated heterocycles. The molecule has 0 radical (unpaired) electrons. The van der Waals surface area contributed by atoms with E-state index in [-0.39, 0.29) is 18.1 Å². The second kappa shape index (κ2) is 9.25. The minimum Gasteiger partial charge on any atom is -0.492 e. The van der Waals surface area contributed by atoms with Crippen LogP contribution in [0, 0.1) is 5.82 Å². The summed E-state index contributed by atoms with van der Waals surface area (Å²) in [6, 6.07) is 10.8. The lowest BCUT2D eigenvalue weighted by molar-refractivity contribution is -0.121. The molecular weight excluding hydrogens is 354 g/mol. The Kier molecular flexibility index (Phi) is 7.03. The second-order valence-electron chi connectivity index (χ2n) is 4.87. The molecule has 0 fully saturated rings. The Morgan fingerprint density at radius 2 is 2.08 bits per heavy atom. The van der Waals surface area contributed by atoms with Gasteiger partial charge < -0.3 is 4.74 Å². The molecular formula is C17H15Cl2FN2O2. The first-order valence-corrected chi connectivity index (χ1v) is 7.95. The highest BCUT2D eigenvalue weighted by Gasteiger charge is 2.04. The van der Waals surface area contributed by atoms with Crippen LogP contribution in [0.4, 0.5) is 4.39 Å². The fourth-order valence-corrected chi connectivity index (χ4v) is 2.29. The zero-order valence-electron chi connectivity index (χ0n) is 12.6. The summed E-state index contributed by atoms with van der Waals surface area (Å²) < 4.78 is 18.4. The van der Waals surface area contributed by atoms with Crippen LogP contribution >= 0.6 is 23.2 Å². The first-order chi connectivity index (χ1) is 11.5. The lowest BCUT2D eigenvalue weighted by Crippen LogP contribution is -2.18. The molecule has 0 heterocycles. The van der Waals surface area contributed by atoms with E-state index < -0.39 is 0 Å². The molecule has 0 aromatic heterocycles. The second-order valence-corrected chi connectivity index (χ2v) is 5.72. The normalized spacial score (nSPS) is 10.8. The van der Waals surface area contributed by atoms with Crippen molar-refractivity contribution in [2.24, 2.45) is 5.10 Å². The van der Waals surface area contributed by atoms with Gasteiger partial charge in [-0.25, -0.2) is 9.82 Å². The molecule has 1 N–H and O–H groups in total. The highest BCUT2D eigenvalue weighted by Crippen LogP contribution is 2.27. The van der Waals surface area contributed by atoms with Crippen LogP contribution in [0.2, 0.25) is 10.0 Å². The molecule has 0 aliphatic carbocycles. The summed E-state index contributed by atoms with van der Waals surface area (Å²) in [6.45, 7) is 0.336. The fraction of sp³-hybridized carbons (Fsp3) is 0.176. The van der Waals surface area contributed by atoms with E-state index in [2.05, 4.69) is 10.5 Å². The summed E-state index contributed by atoms with van der Waals surface area (Å²) in [5, 5.41) is 4.73. The monoisotopic (exact) mass is 368 g/mol. The summed E-state index contributed by atoms with van der Waals surface area (Å²) in [5.74, 6) is -0.0951. The van der Waals surface area contributed by atoms with Crippen molar-refractivity contribution in [3.05, 3.63) is 63.9 Å². The summed E-state index contributed by atoms with van der Waals surface area (Å²) in [5.41, 5.74) is 2.94. The number of rotatable bonds is 7. The lowest BCUT2D eigenvalue weighted by atomic mass is 10.2. The Bertz CT molecular complexity index is 738. The van der Waals surface area contributed by atoms with Gasteiger partial charge in [-0.2, -0.15) is 5.10 Å². The van der Waals surface area contributed by atoms with Gasteiger partial charge >= 0.3 is 0 Å². The molecule has 2 aromatic rings. The Morgan fingerprint density at radius 3 is 2.83 bits per heavy atom. The van der Waals surface area contributed by atoms with Crippen LogP contribution in [0.25, 0.3) is 0 Å². The third kappa shape index (κ3) is 6.18. The van der Waals surface area contributed by atoms with Gasteiger partial charge in [0.15, 0.2) is 0 Å². The number of nitrogens with one attached hydrogen (secondary N) is 1. The topological polar surface area (TPSA) is 50.7 Å². The number of hydrazone groups is 1. The van der Waals surface area contributed by atoms with E-state index in [1.165, 1.54) is 18.3 Å². The van der Waals surface area contributed by atoms with Crippen LogP contribution in [0.5, 0.6) is 5.75 Å². The number of halogens is 3. The SMILES string of the molecule is O=C(CCCOc1ccc(Cl)cc1Cl)N/N=C\c1cccc(F)c1. The summed E-state index contributed by atoms with van der Waals surface area (Å²) in [6.07, 6.45) is 2.12. The number of carbonyl (C=O) groups is 1. The number of ether oxygens (including phenoxy) is 1. The number of nitrogens with zero attached hydrogens (tertiary/aromatic N) is 1. The number of benzene rings is 2. The molecule has 1 amide bonds. The molecule has 0 saturated carbocycles. The maximum atomic E-state index is 13.0. The van der Waals surface area contributed by atoms with Crippen molar-refractivity contribution >= 4 is 35.3 Å². The Hall–Kier alpha value is -2.11. The first kappa shape index (κ1) is 18.2. The van der Waals surface area contributed by atoms with Crippen molar-refractivity contribution in [3.63, 3.8) is 0 Å². The number of carbonyl (C=O) groups excluding carboxylic acids is 1. The van der Waals surface area contributed by atoms with Gasteiger partial charge in [-0.3, -0.25) is 4.79 Å². The molecule has 0 aliphatic heterocycles. The number of amides is 1. The molecule has 4 nitrogen and oxygen atoms in total. The zero-order chi connectivity index (χ0) is 17.4. The minimum atomic E-state index is -0.358. The molecule has 24 heavy (non-hydrogen) atoms. The van der Waals surface area contributed by atoms with Gasteiger partial charge in [0.25, 0.3) is 0 Å². The number of hydrogen-bond acceptors (Lipinski definition) is 3. The standard InChI is InChI=1S/C17H15Cl2FN2O2/c18-13-6-7-16(15(19)10-13)24-8-2-5-17(23)22-21-11-12-3-1-4-14(20)9-12/h1,3-4,6-7,9-11H,2,5,8H2,(H,22,23)/b21-11-. The van der Waals surface area contributed by atoms with Crippen molar-refractivity contribution in [3.8, 4) is 5.75 Å². The van der Waals surface area contributed by atoms with Crippen molar-refractivity contribution in [2.45, 2.75) is 12.8 Å². The van der Waals surface area contributed by atoms with Crippen LogP contribution in [0.3, 0.4) is 0 Å². The minimum absolute atomic E-state index is 0.242. The summed E-state index contributed by atoms with van der Waals surface area (Å²) >= 11 is 11.8. The first-order valence-electron chi connectivity index (χ1n) is 7.20. The van der Waals surface area contributed by atoms with E-state index in [4.69, 9.17) is 27.9 Å². The van der Waals surface area contributed by atoms with E-state index >= 15 is 0 Å². The van der Waals surface area contributed by atoms with E-state index in [0.717, 1.165) is 0 Å². The van der Waals surface area contributed by atoms with Gasteiger partial charge in [0.05, 0.1) is 17.8 Å². The van der Waals surface area contributed by atoms with Gasteiger partial charge in [-0.1, -0.05) is 35.3 Å². The van der Waals surface area contributed by atoms with Gasteiger partial charge in [-0.05, 0) is 42.3 Å². The summed E-state index contributed by atoms with van der Waals surface area (Å²) in [4.78, 5) is 11.6. The highest BCUT2D eigenvalue weighted by atomic mass is 35.5. The largest absolute Gasteiger partial charge is 0.492 e. The molecule has 0 atom stereocenters. The third-order valence-corrected chi connectivity index (χ3v) is 3.48. The maximum absolute atomic E-state index is 13.0. The fourth-order valence-electron chi connectivity index (χ4n) is 1.83. The predicted molar refractivity (Wildman–Crippen MR) is 93.3 cm³/mol. The Morgan fingerprint density at radius 1 is 1.25 bits per heavy atom. The molecule has 126 valence electrons. The lowest BCUT2D eigenvalue weighted by Gasteiger charge is -2.07. The molecule has 0 bridgehead atoms. The average molecular weight is 369 g/mol. The molecule has 7 heteroatoms. The van der Waals surface area contributed by atoms with Crippen LogP contribution in [-0.4, -0.2) is 18.7 Å². The summed E-state index contributed by atoms with van der Waals surface area (Å²) in [7, 11) is 0. The third-order valence-electron chi connectivity index (χ3n) is 2.95. The Balaban J connectivity index is 1.68. The van der Waals surface area contributed by atoms with Gasteiger partial charge in [0.2, 0.25) is 5.91 Å². The predicted octanol–water partition coefficient (Wildman–Crippen LogP) is 4.44. The van der Waals surface area contributed by atoms with Crippen molar-refractivity contribution in [2.75, 3.05) is 6.61 Å². The van der Waals surface area contributed by atoms with E-state index in [1.54, 1.807) is 30.3 Å². The van der Waals surface area contributed by atoms with E-state index in [0.29, 0.717) is 34.4 Å². The molecule has 2 aromatic carbocycles. The van der Waals surface area contributed by atoms with Gasteiger partial charge in [0.1, 0.15) is 11.6 Å². The van der Waals surface area contributed by atoms with Gasteiger partial charge in [-0.15, -0.1) is 0 Å². The van der Waals surface area contributed by atoms with E-state index in [1.807, 2.05) is 0 Å². The quantitative estimate of drug-likeness (QED) is 0.446. The molecule has 2 rings (SSSR count). The Labute approximate surface area is 149 Å². The number of hydrogen-bond donors (Lipinski definition) is 1. The van der Waals surface area contributed by atoms with Crippen molar-refractivity contribution in [1.82, 2.24) is 5.43 Å². The van der Waals surface area contributed by atoms with Crippen LogP contribution in [-0.2, 0) is 4.79 Å². The maximum Gasteiger partial charge on any atom is 0.240 e. The zero-order valence-corrected chi connectivity index (χ0v) is 14.1. The molecule has 0 spiro atoms. The van der Waals surface area contributed by atoms with Crippen molar-refractivity contribution < 1.29 is 13.9 Å². The van der Waals surface area contributed by atoms with Crippen LogP contribution in [0.1, 0.15) is 18.4 Å². The van der Waals surface area contributed by atoms with Gasteiger partial charge in [0, 0.05) is 11.4 Å². The molecule has 0 unspecified atom stereocenters. The van der Waals surface area contributed by atoms with Crippen LogP contribution < -0.4 is 10.2 Å². The molecule has 0 aliphatic rings. The van der Waals surface area contributed by atoms with E-state index in [9.17, 15) is 9.18 Å². The van der Waals surface area contributed by atoms with Crippen molar-refractivity contribution in [1.29, 1.82) is 0 Å². The average Bonchev–Trinajstić information content (AvgIpc) is 2.53. The smallest absolute Gasteiger partial charge is 0.240 e.